The summed E-state index contributed by atoms with van der Waals surface area (Å²) in [5, 5.41) is 2.91. The number of nitrogens with zero attached hydrogens (tertiary/aromatic N) is 1. The number of thioether (sulfide) groups is 1. The molecule has 1 saturated heterocycles. The normalized spacial score (nSPS) is 13.6. The van der Waals surface area contributed by atoms with Crippen molar-refractivity contribution in [1.29, 1.82) is 0 Å². The summed E-state index contributed by atoms with van der Waals surface area (Å²) < 4.78 is 10.7. The van der Waals surface area contributed by atoms with Crippen LogP contribution in [-0.4, -0.2) is 49.8 Å². The topological polar surface area (TPSA) is 67.9 Å². The van der Waals surface area contributed by atoms with Gasteiger partial charge in [0, 0.05) is 36.2 Å². The first kappa shape index (κ1) is 22.0. The van der Waals surface area contributed by atoms with Crippen molar-refractivity contribution in [1.82, 2.24) is 4.90 Å². The second-order valence-corrected chi connectivity index (χ2v) is 8.23. The molecule has 1 aliphatic rings. The third-order valence-electron chi connectivity index (χ3n) is 5.01. The predicted molar refractivity (Wildman–Crippen MR) is 120 cm³/mol. The van der Waals surface area contributed by atoms with Gasteiger partial charge in [-0.3, -0.25) is 9.59 Å². The minimum atomic E-state index is -0.140. The van der Waals surface area contributed by atoms with Crippen molar-refractivity contribution in [2.75, 3.05) is 38.4 Å². The summed E-state index contributed by atoms with van der Waals surface area (Å²) in [6, 6.07) is 13.3. The molecule has 0 saturated carbocycles. The van der Waals surface area contributed by atoms with E-state index in [-0.39, 0.29) is 11.8 Å². The van der Waals surface area contributed by atoms with E-state index in [1.165, 1.54) is 14.2 Å². The Morgan fingerprint density at radius 2 is 1.67 bits per heavy atom. The van der Waals surface area contributed by atoms with E-state index < -0.39 is 0 Å². The van der Waals surface area contributed by atoms with E-state index in [1.807, 2.05) is 35.2 Å². The second-order valence-electron chi connectivity index (χ2n) is 7.07. The van der Waals surface area contributed by atoms with Crippen LogP contribution < -0.4 is 14.8 Å². The monoisotopic (exact) mass is 428 g/mol. The summed E-state index contributed by atoms with van der Waals surface area (Å²) in [7, 11) is 3.07. The Bertz CT molecular complexity index is 867. The highest BCUT2D eigenvalue weighted by Crippen LogP contribution is 2.34. The van der Waals surface area contributed by atoms with Crippen molar-refractivity contribution in [2.45, 2.75) is 30.6 Å². The number of benzene rings is 2. The molecule has 30 heavy (non-hydrogen) atoms. The van der Waals surface area contributed by atoms with E-state index in [4.69, 9.17) is 9.47 Å². The highest BCUT2D eigenvalue weighted by molar-refractivity contribution is 7.99. The lowest BCUT2D eigenvalue weighted by Gasteiger charge is -2.28. The molecular weight excluding hydrogens is 400 g/mol. The van der Waals surface area contributed by atoms with Gasteiger partial charge in [0.15, 0.2) is 11.5 Å². The molecule has 0 spiro atoms. The van der Waals surface area contributed by atoms with E-state index in [0.717, 1.165) is 37.2 Å². The average molecular weight is 429 g/mol. The minimum Gasteiger partial charge on any atom is -0.493 e. The molecule has 0 aliphatic carbocycles. The summed E-state index contributed by atoms with van der Waals surface area (Å²) in [5.74, 6) is 1.36. The first-order valence-corrected chi connectivity index (χ1v) is 11.1. The van der Waals surface area contributed by atoms with Gasteiger partial charge in [0.25, 0.3) is 5.91 Å². The largest absolute Gasteiger partial charge is 0.493 e. The van der Waals surface area contributed by atoms with Crippen molar-refractivity contribution in [3.8, 4) is 11.5 Å². The molecule has 1 aliphatic heterocycles. The Morgan fingerprint density at radius 3 is 2.33 bits per heavy atom. The number of hydrogen-bond acceptors (Lipinski definition) is 5. The fourth-order valence-corrected chi connectivity index (χ4v) is 4.29. The molecule has 1 fully saturated rings. The number of ether oxygens (including phenoxy) is 2. The molecule has 2 aromatic carbocycles. The number of nitrogens with one attached hydrogen (secondary N) is 1. The number of carbonyl (C=O) groups is 2. The molecule has 160 valence electrons. The van der Waals surface area contributed by atoms with Crippen LogP contribution in [0.15, 0.2) is 47.4 Å². The van der Waals surface area contributed by atoms with Gasteiger partial charge in [-0.2, -0.15) is 0 Å². The number of piperidine rings is 1. The van der Waals surface area contributed by atoms with Crippen LogP contribution in [0.1, 0.15) is 36.0 Å². The average Bonchev–Trinajstić information content (AvgIpc) is 2.79. The van der Waals surface area contributed by atoms with Gasteiger partial charge in [-0.15, -0.1) is 11.8 Å². The Kier molecular flexibility index (Phi) is 8.02. The summed E-state index contributed by atoms with van der Waals surface area (Å²) in [5.41, 5.74) is 0.886. The van der Waals surface area contributed by atoms with E-state index in [1.54, 1.807) is 23.9 Å². The van der Waals surface area contributed by atoms with Crippen molar-refractivity contribution >= 4 is 29.3 Å². The Hall–Kier alpha value is -2.67. The standard InChI is InChI=1S/C23H28N2O4S/c1-28-20-15-18(23(27)25-12-7-4-8-13-25)19(16-21(20)29-2)24-22(26)11-14-30-17-9-5-3-6-10-17/h3,5-6,9-10,15-16H,4,7-8,11-14H2,1-2H3,(H,24,26). The molecule has 2 amide bonds. The maximum Gasteiger partial charge on any atom is 0.256 e. The smallest absolute Gasteiger partial charge is 0.256 e. The summed E-state index contributed by atoms with van der Waals surface area (Å²) in [6.07, 6.45) is 3.47. The lowest BCUT2D eigenvalue weighted by atomic mass is 10.1. The molecule has 7 heteroatoms. The first-order chi connectivity index (χ1) is 14.6. The van der Waals surface area contributed by atoms with Gasteiger partial charge in [0.2, 0.25) is 5.91 Å². The van der Waals surface area contributed by atoms with Crippen molar-refractivity contribution in [3.63, 3.8) is 0 Å². The first-order valence-electron chi connectivity index (χ1n) is 10.2. The third-order valence-corrected chi connectivity index (χ3v) is 6.03. The van der Waals surface area contributed by atoms with E-state index in [2.05, 4.69) is 5.32 Å². The van der Waals surface area contributed by atoms with E-state index >= 15 is 0 Å². The van der Waals surface area contributed by atoms with Gasteiger partial charge in [0.05, 0.1) is 25.5 Å². The molecule has 0 aromatic heterocycles. The number of amides is 2. The van der Waals surface area contributed by atoms with Gasteiger partial charge >= 0.3 is 0 Å². The van der Waals surface area contributed by atoms with Crippen LogP contribution in [0.25, 0.3) is 0 Å². The number of rotatable bonds is 8. The molecule has 0 atom stereocenters. The summed E-state index contributed by atoms with van der Waals surface area (Å²) in [4.78, 5) is 28.7. The molecule has 6 nitrogen and oxygen atoms in total. The second kappa shape index (κ2) is 10.9. The lowest BCUT2D eigenvalue weighted by molar-refractivity contribution is -0.115. The molecule has 0 radical (unpaired) electrons. The molecule has 1 N–H and O–H groups in total. The third kappa shape index (κ3) is 5.69. The Balaban J connectivity index is 1.73. The van der Waals surface area contributed by atoms with Crippen molar-refractivity contribution in [3.05, 3.63) is 48.0 Å². The fraction of sp³-hybridized carbons (Fsp3) is 0.391. The van der Waals surface area contributed by atoms with E-state index in [9.17, 15) is 9.59 Å². The zero-order valence-corrected chi connectivity index (χ0v) is 18.3. The molecule has 0 bridgehead atoms. The Morgan fingerprint density at radius 1 is 1.00 bits per heavy atom. The molecule has 3 rings (SSSR count). The maximum atomic E-state index is 13.1. The van der Waals surface area contributed by atoms with Gasteiger partial charge in [-0.1, -0.05) is 18.2 Å². The zero-order valence-electron chi connectivity index (χ0n) is 17.5. The maximum absolute atomic E-state index is 13.1. The highest BCUT2D eigenvalue weighted by atomic mass is 32.2. The zero-order chi connectivity index (χ0) is 21.3. The van der Waals surface area contributed by atoms with Gasteiger partial charge in [-0.05, 0) is 37.5 Å². The van der Waals surface area contributed by atoms with E-state index in [0.29, 0.717) is 34.9 Å². The molecule has 0 unspecified atom stereocenters. The molecular formula is C23H28N2O4S. The van der Waals surface area contributed by atoms with Crippen molar-refractivity contribution < 1.29 is 19.1 Å². The number of anilines is 1. The number of carbonyl (C=O) groups excluding carboxylic acids is 2. The number of likely N-dealkylation sites (tertiary alicyclic amines) is 1. The van der Waals surface area contributed by atoms with Crippen LogP contribution in [-0.2, 0) is 4.79 Å². The quantitative estimate of drug-likeness (QED) is 0.629. The molecule has 2 aromatic rings. The van der Waals surface area contributed by atoms with Crippen LogP contribution in [0.3, 0.4) is 0 Å². The minimum absolute atomic E-state index is 0.0930. The van der Waals surface area contributed by atoms with Crippen LogP contribution in [0, 0.1) is 0 Å². The van der Waals surface area contributed by atoms with Crippen LogP contribution in [0.5, 0.6) is 11.5 Å². The fourth-order valence-electron chi connectivity index (χ4n) is 3.42. The summed E-state index contributed by atoms with van der Waals surface area (Å²) in [6.45, 7) is 1.46. The van der Waals surface area contributed by atoms with Crippen LogP contribution in [0.4, 0.5) is 5.69 Å². The van der Waals surface area contributed by atoms with Gasteiger partial charge in [-0.25, -0.2) is 0 Å². The van der Waals surface area contributed by atoms with Gasteiger partial charge in [0.1, 0.15) is 0 Å². The molecule has 1 heterocycles. The van der Waals surface area contributed by atoms with Gasteiger partial charge < -0.3 is 19.7 Å². The highest BCUT2D eigenvalue weighted by Gasteiger charge is 2.24. The lowest BCUT2D eigenvalue weighted by Crippen LogP contribution is -2.36. The van der Waals surface area contributed by atoms with Crippen LogP contribution >= 0.6 is 11.8 Å². The number of hydrogen-bond donors (Lipinski definition) is 1. The summed E-state index contributed by atoms with van der Waals surface area (Å²) >= 11 is 1.63. The Labute approximate surface area is 181 Å². The van der Waals surface area contributed by atoms with Crippen LogP contribution in [0.2, 0.25) is 0 Å². The predicted octanol–water partition coefficient (Wildman–Crippen LogP) is 4.45. The SMILES string of the molecule is COc1cc(NC(=O)CCSc2ccccc2)c(C(=O)N2CCCCC2)cc1OC. The van der Waals surface area contributed by atoms with Crippen molar-refractivity contribution in [2.24, 2.45) is 0 Å². The number of methoxy groups -OCH3 is 2.